The fraction of sp³-hybridized carbons (Fsp3) is 0.562. The van der Waals surface area contributed by atoms with Crippen LogP contribution in [0.1, 0.15) is 38.9 Å². The average Bonchev–Trinajstić information content (AvgIpc) is 2.45. The zero-order chi connectivity index (χ0) is 16.0. The number of nitrogens with zero attached hydrogens (tertiary/aromatic N) is 1. The third-order valence-corrected chi connectivity index (χ3v) is 3.49. The van der Waals surface area contributed by atoms with Crippen molar-refractivity contribution in [2.75, 3.05) is 20.6 Å². The minimum Gasteiger partial charge on any atom is -0.410 e. The maximum absolute atomic E-state index is 11.4. The Morgan fingerprint density at radius 3 is 2.38 bits per heavy atom. The molecule has 21 heavy (non-hydrogen) atoms. The third kappa shape index (κ3) is 5.73. The maximum atomic E-state index is 11.4. The number of carbonyl (C=O) groups is 1. The van der Waals surface area contributed by atoms with Crippen LogP contribution in [-0.4, -0.2) is 42.3 Å². The van der Waals surface area contributed by atoms with Crippen LogP contribution in [0.2, 0.25) is 0 Å². The van der Waals surface area contributed by atoms with Crippen LogP contribution in [0.3, 0.4) is 0 Å². The van der Waals surface area contributed by atoms with Crippen LogP contribution in [-0.2, 0) is 0 Å². The molecule has 1 unspecified atom stereocenters. The topological polar surface area (TPSA) is 61.8 Å². The number of amides is 1. The normalized spacial score (nSPS) is 12.9. The number of aliphatic hydroxyl groups excluding tert-OH is 1. The average molecular weight is 294 g/mol. The molecule has 0 saturated heterocycles. The maximum Gasteiger partial charge on any atom is 0.414 e. The van der Waals surface area contributed by atoms with E-state index >= 15 is 0 Å². The number of carbonyl (C=O) groups excluding carboxylic acids is 1. The number of hydrogen-bond acceptors (Lipinski definition) is 4. The number of rotatable bonds is 6. The molecule has 1 rings (SSSR count). The zero-order valence-corrected chi connectivity index (χ0v) is 13.5. The van der Waals surface area contributed by atoms with Crippen molar-refractivity contribution in [3.8, 4) is 5.75 Å². The van der Waals surface area contributed by atoms with E-state index in [1.54, 1.807) is 38.4 Å². The number of aliphatic hydroxyl groups is 1. The van der Waals surface area contributed by atoms with Gasteiger partial charge < -0.3 is 20.1 Å². The molecule has 5 heteroatoms. The van der Waals surface area contributed by atoms with Gasteiger partial charge in [0.25, 0.3) is 0 Å². The van der Waals surface area contributed by atoms with E-state index in [1.165, 1.54) is 4.90 Å². The standard InChI is InChI=1S/C16H26N2O3/c1-6-16(2,3)17-11-14(19)12-7-9-13(10-8-12)21-15(20)18(4)5/h7-10,14,17,19H,6,11H2,1-5H3. The highest BCUT2D eigenvalue weighted by Gasteiger charge is 2.17. The molecule has 0 saturated carbocycles. The second kappa shape index (κ2) is 7.43. The minimum absolute atomic E-state index is 0.00214. The van der Waals surface area contributed by atoms with Gasteiger partial charge in [-0.3, -0.25) is 0 Å². The van der Waals surface area contributed by atoms with Crippen molar-refractivity contribution in [3.05, 3.63) is 29.8 Å². The molecule has 1 aromatic rings. The molecule has 0 aromatic heterocycles. The zero-order valence-electron chi connectivity index (χ0n) is 13.5. The van der Waals surface area contributed by atoms with Gasteiger partial charge in [-0.2, -0.15) is 0 Å². The van der Waals surface area contributed by atoms with Crippen molar-refractivity contribution in [1.82, 2.24) is 10.2 Å². The van der Waals surface area contributed by atoms with Gasteiger partial charge in [0.15, 0.2) is 0 Å². The van der Waals surface area contributed by atoms with Crippen molar-refractivity contribution >= 4 is 6.09 Å². The molecule has 5 nitrogen and oxygen atoms in total. The summed E-state index contributed by atoms with van der Waals surface area (Å²) in [7, 11) is 3.25. The molecule has 0 heterocycles. The monoisotopic (exact) mass is 294 g/mol. The SMILES string of the molecule is CCC(C)(C)NCC(O)c1ccc(OC(=O)N(C)C)cc1. The van der Waals surface area contributed by atoms with Gasteiger partial charge >= 0.3 is 6.09 Å². The largest absolute Gasteiger partial charge is 0.414 e. The van der Waals surface area contributed by atoms with Crippen LogP contribution >= 0.6 is 0 Å². The molecular weight excluding hydrogens is 268 g/mol. The van der Waals surface area contributed by atoms with Gasteiger partial charge in [-0.15, -0.1) is 0 Å². The number of nitrogens with one attached hydrogen (secondary N) is 1. The summed E-state index contributed by atoms with van der Waals surface area (Å²) in [5, 5.41) is 13.5. The van der Waals surface area contributed by atoms with E-state index in [0.29, 0.717) is 12.3 Å². The van der Waals surface area contributed by atoms with Gasteiger partial charge in [0.1, 0.15) is 5.75 Å². The summed E-state index contributed by atoms with van der Waals surface area (Å²) in [6.45, 7) is 6.79. The van der Waals surface area contributed by atoms with E-state index in [1.807, 2.05) is 0 Å². The van der Waals surface area contributed by atoms with Crippen LogP contribution in [0.25, 0.3) is 0 Å². The van der Waals surface area contributed by atoms with Gasteiger partial charge in [-0.05, 0) is 38.0 Å². The lowest BCUT2D eigenvalue weighted by Gasteiger charge is -2.26. The Morgan fingerprint density at radius 1 is 1.33 bits per heavy atom. The lowest BCUT2D eigenvalue weighted by Crippen LogP contribution is -2.40. The highest BCUT2D eigenvalue weighted by atomic mass is 16.6. The second-order valence-corrected chi connectivity index (χ2v) is 5.97. The number of hydrogen-bond donors (Lipinski definition) is 2. The van der Waals surface area contributed by atoms with Crippen molar-refractivity contribution in [3.63, 3.8) is 0 Å². The fourth-order valence-electron chi connectivity index (χ4n) is 1.57. The second-order valence-electron chi connectivity index (χ2n) is 5.97. The molecule has 0 spiro atoms. The van der Waals surface area contributed by atoms with Crippen molar-refractivity contribution in [1.29, 1.82) is 0 Å². The first-order valence-electron chi connectivity index (χ1n) is 7.17. The van der Waals surface area contributed by atoms with E-state index in [4.69, 9.17) is 4.74 Å². The number of β-amino-alcohol motifs (C(OH)–C–C–N with tert-alkyl or cyclic N) is 1. The molecule has 0 fully saturated rings. The summed E-state index contributed by atoms with van der Waals surface area (Å²) in [6.07, 6.45) is -0.0248. The fourth-order valence-corrected chi connectivity index (χ4v) is 1.57. The van der Waals surface area contributed by atoms with Crippen LogP contribution in [0.4, 0.5) is 4.79 Å². The number of benzene rings is 1. The molecule has 0 aliphatic heterocycles. The Morgan fingerprint density at radius 2 is 1.90 bits per heavy atom. The summed E-state index contributed by atoms with van der Waals surface area (Å²) >= 11 is 0. The first-order chi connectivity index (χ1) is 9.75. The van der Waals surface area contributed by atoms with Crippen molar-refractivity contribution < 1.29 is 14.6 Å². The molecule has 118 valence electrons. The van der Waals surface area contributed by atoms with E-state index in [2.05, 4.69) is 26.1 Å². The van der Waals surface area contributed by atoms with Crippen LogP contribution in [0, 0.1) is 0 Å². The van der Waals surface area contributed by atoms with Gasteiger partial charge in [0.2, 0.25) is 0 Å². The summed E-state index contributed by atoms with van der Waals surface area (Å²) in [4.78, 5) is 12.8. The molecule has 0 aliphatic rings. The summed E-state index contributed by atoms with van der Waals surface area (Å²) in [6, 6.07) is 6.91. The molecule has 0 bridgehead atoms. The van der Waals surface area contributed by atoms with Crippen molar-refractivity contribution in [2.45, 2.75) is 38.8 Å². The highest BCUT2D eigenvalue weighted by molar-refractivity contribution is 5.69. The summed E-state index contributed by atoms with van der Waals surface area (Å²) < 4.78 is 5.13. The van der Waals surface area contributed by atoms with E-state index in [-0.39, 0.29) is 5.54 Å². The molecule has 2 N–H and O–H groups in total. The Labute approximate surface area is 126 Å². The van der Waals surface area contributed by atoms with E-state index in [0.717, 1.165) is 12.0 Å². The van der Waals surface area contributed by atoms with Crippen LogP contribution in [0.5, 0.6) is 5.75 Å². The van der Waals surface area contributed by atoms with E-state index < -0.39 is 12.2 Å². The van der Waals surface area contributed by atoms with Gasteiger partial charge in [-0.1, -0.05) is 19.1 Å². The minimum atomic E-state index is -0.588. The summed E-state index contributed by atoms with van der Waals surface area (Å²) in [5.41, 5.74) is 0.793. The molecule has 1 atom stereocenters. The first kappa shape index (κ1) is 17.5. The highest BCUT2D eigenvalue weighted by Crippen LogP contribution is 2.19. The third-order valence-electron chi connectivity index (χ3n) is 3.49. The predicted octanol–water partition coefficient (Wildman–Crippen LogP) is 2.56. The van der Waals surface area contributed by atoms with Gasteiger partial charge in [0, 0.05) is 26.2 Å². The van der Waals surface area contributed by atoms with E-state index in [9.17, 15) is 9.90 Å². The quantitative estimate of drug-likeness (QED) is 0.846. The Hall–Kier alpha value is -1.59. The van der Waals surface area contributed by atoms with Gasteiger partial charge in [0.05, 0.1) is 6.10 Å². The number of ether oxygens (including phenoxy) is 1. The van der Waals surface area contributed by atoms with Crippen LogP contribution in [0.15, 0.2) is 24.3 Å². The van der Waals surface area contributed by atoms with Gasteiger partial charge in [-0.25, -0.2) is 4.79 Å². The molecule has 0 radical (unpaired) electrons. The molecule has 1 aromatic carbocycles. The molecular formula is C16H26N2O3. The predicted molar refractivity (Wildman–Crippen MR) is 83.5 cm³/mol. The summed E-state index contributed by atoms with van der Waals surface area (Å²) in [5.74, 6) is 0.464. The Kier molecular flexibility index (Phi) is 6.18. The lowest BCUT2D eigenvalue weighted by atomic mass is 10.0. The molecule has 0 aliphatic carbocycles. The lowest BCUT2D eigenvalue weighted by molar-refractivity contribution is 0.160. The Balaban J connectivity index is 2.59. The smallest absolute Gasteiger partial charge is 0.410 e. The van der Waals surface area contributed by atoms with Crippen LogP contribution < -0.4 is 10.1 Å². The first-order valence-corrected chi connectivity index (χ1v) is 7.17. The molecule has 1 amide bonds. The van der Waals surface area contributed by atoms with Crippen molar-refractivity contribution in [2.24, 2.45) is 0 Å². The Bertz CT molecular complexity index is 455.